The molecule has 0 N–H and O–H groups in total. The monoisotopic (exact) mass is 412 g/mol. The first-order chi connectivity index (χ1) is 14.4. The highest BCUT2D eigenvalue weighted by Gasteiger charge is 2.38. The molecule has 2 aliphatic heterocycles. The number of benzene rings is 2. The molecular formula is C22H18F2N2O4. The molecule has 4 rings (SSSR count). The fourth-order valence-corrected chi connectivity index (χ4v) is 3.88. The van der Waals surface area contributed by atoms with Crippen LogP contribution in [0.25, 0.3) is 0 Å². The van der Waals surface area contributed by atoms with Crippen LogP contribution in [-0.4, -0.2) is 46.5 Å². The number of nitrogens with zero attached hydrogens (tertiary/aromatic N) is 2. The molecule has 30 heavy (non-hydrogen) atoms. The van der Waals surface area contributed by atoms with Crippen LogP contribution in [0.5, 0.6) is 0 Å². The van der Waals surface area contributed by atoms with Gasteiger partial charge in [-0.05, 0) is 37.1 Å². The highest BCUT2D eigenvalue weighted by molar-refractivity contribution is 6.22. The van der Waals surface area contributed by atoms with Gasteiger partial charge >= 0.3 is 0 Å². The summed E-state index contributed by atoms with van der Waals surface area (Å²) in [6, 6.07) is 7.96. The van der Waals surface area contributed by atoms with E-state index in [0.717, 1.165) is 21.9 Å². The second-order valence-electron chi connectivity index (χ2n) is 7.26. The quantitative estimate of drug-likeness (QED) is 0.516. The van der Waals surface area contributed by atoms with Crippen molar-refractivity contribution in [3.63, 3.8) is 0 Å². The van der Waals surface area contributed by atoms with Gasteiger partial charge in [-0.25, -0.2) is 8.78 Å². The van der Waals surface area contributed by atoms with Gasteiger partial charge in [0.1, 0.15) is 11.6 Å². The van der Waals surface area contributed by atoms with Gasteiger partial charge in [0.05, 0.1) is 22.3 Å². The van der Waals surface area contributed by atoms with Crippen molar-refractivity contribution < 1.29 is 28.0 Å². The third-order valence-electron chi connectivity index (χ3n) is 5.41. The fraction of sp³-hybridized carbons (Fsp3) is 0.273. The Bertz CT molecular complexity index is 997. The van der Waals surface area contributed by atoms with E-state index >= 15 is 0 Å². The number of carbonyl (C=O) groups excluding carboxylic acids is 4. The summed E-state index contributed by atoms with van der Waals surface area (Å²) in [5, 5.41) is 0. The molecule has 0 unspecified atom stereocenters. The van der Waals surface area contributed by atoms with Crippen molar-refractivity contribution in [2.75, 3.05) is 13.1 Å². The summed E-state index contributed by atoms with van der Waals surface area (Å²) in [5.74, 6) is -3.65. The van der Waals surface area contributed by atoms with E-state index in [4.69, 9.17) is 0 Å². The summed E-state index contributed by atoms with van der Waals surface area (Å²) in [7, 11) is 0. The Labute approximate surface area is 171 Å². The Kier molecular flexibility index (Phi) is 5.15. The number of halogens is 2. The van der Waals surface area contributed by atoms with Crippen molar-refractivity contribution in [2.45, 2.75) is 25.7 Å². The smallest absolute Gasteiger partial charge is 0.264 e. The lowest BCUT2D eigenvalue weighted by Crippen LogP contribution is -2.31. The van der Waals surface area contributed by atoms with E-state index < -0.39 is 35.3 Å². The second kappa shape index (κ2) is 7.78. The second-order valence-corrected chi connectivity index (χ2v) is 7.26. The molecular weight excluding hydrogens is 394 g/mol. The zero-order valence-electron chi connectivity index (χ0n) is 16.0. The van der Waals surface area contributed by atoms with Crippen molar-refractivity contribution in [1.82, 2.24) is 9.80 Å². The topological polar surface area (TPSA) is 74.8 Å². The van der Waals surface area contributed by atoms with Crippen LogP contribution >= 0.6 is 0 Å². The first-order valence-electron chi connectivity index (χ1n) is 9.71. The average molecular weight is 412 g/mol. The number of carbonyl (C=O) groups is 4. The largest absolute Gasteiger partial charge is 0.274 e. The van der Waals surface area contributed by atoms with E-state index in [1.807, 2.05) is 0 Å². The van der Waals surface area contributed by atoms with Crippen LogP contribution < -0.4 is 0 Å². The number of imide groups is 2. The van der Waals surface area contributed by atoms with Crippen LogP contribution in [0.4, 0.5) is 8.78 Å². The molecule has 2 aliphatic rings. The highest BCUT2D eigenvalue weighted by Crippen LogP contribution is 2.27. The van der Waals surface area contributed by atoms with Gasteiger partial charge < -0.3 is 0 Å². The lowest BCUT2D eigenvalue weighted by Gasteiger charge is -2.15. The van der Waals surface area contributed by atoms with Crippen molar-refractivity contribution in [1.29, 1.82) is 0 Å². The standard InChI is InChI=1S/C22H18F2N2O4/c23-15-9-5-7-13-17(15)21(29)25(19(13)27)11-3-1-2-4-12-26-20(28)14-8-6-10-16(24)18(14)22(26)30/h5-10H,1-4,11-12H2. The molecule has 0 saturated carbocycles. The zero-order chi connectivity index (χ0) is 21.4. The van der Waals surface area contributed by atoms with E-state index in [0.29, 0.717) is 25.7 Å². The minimum Gasteiger partial charge on any atom is -0.274 e. The SMILES string of the molecule is O=C1c2cccc(F)c2C(=O)N1CCCCCCN1C(=O)c2cccc(F)c2C1=O. The first-order valence-corrected chi connectivity index (χ1v) is 9.71. The highest BCUT2D eigenvalue weighted by atomic mass is 19.1. The minimum atomic E-state index is -0.703. The molecule has 2 aromatic rings. The Morgan fingerprint density at radius 2 is 0.967 bits per heavy atom. The van der Waals surface area contributed by atoms with Gasteiger partial charge in [-0.1, -0.05) is 25.0 Å². The van der Waals surface area contributed by atoms with E-state index in [1.54, 1.807) is 0 Å². The van der Waals surface area contributed by atoms with Crippen LogP contribution in [0.1, 0.15) is 67.1 Å². The van der Waals surface area contributed by atoms with E-state index in [2.05, 4.69) is 0 Å². The zero-order valence-corrected chi connectivity index (χ0v) is 16.0. The summed E-state index contributed by atoms with van der Waals surface area (Å²) in [6.45, 7) is 0.341. The van der Waals surface area contributed by atoms with Gasteiger partial charge in [0.15, 0.2) is 0 Å². The minimum absolute atomic E-state index is 0.0813. The molecule has 0 radical (unpaired) electrons. The fourth-order valence-electron chi connectivity index (χ4n) is 3.88. The van der Waals surface area contributed by atoms with Gasteiger partial charge in [-0.15, -0.1) is 0 Å². The van der Waals surface area contributed by atoms with E-state index in [-0.39, 0.29) is 35.3 Å². The lowest BCUT2D eigenvalue weighted by molar-refractivity contribution is 0.0628. The maximum absolute atomic E-state index is 13.8. The number of hydrogen-bond acceptors (Lipinski definition) is 4. The third kappa shape index (κ3) is 3.18. The van der Waals surface area contributed by atoms with Crippen molar-refractivity contribution in [3.8, 4) is 0 Å². The molecule has 0 aliphatic carbocycles. The van der Waals surface area contributed by atoms with Crippen molar-refractivity contribution in [3.05, 3.63) is 70.3 Å². The van der Waals surface area contributed by atoms with Gasteiger partial charge in [-0.3, -0.25) is 29.0 Å². The summed E-state index contributed by atoms with van der Waals surface area (Å²) >= 11 is 0. The molecule has 4 amide bonds. The number of hydrogen-bond donors (Lipinski definition) is 0. The molecule has 8 heteroatoms. The number of unbranched alkanes of at least 4 members (excludes halogenated alkanes) is 3. The molecule has 0 bridgehead atoms. The Morgan fingerprint density at radius 3 is 1.33 bits per heavy atom. The summed E-state index contributed by atoms with van der Waals surface area (Å²) in [4.78, 5) is 51.2. The third-order valence-corrected chi connectivity index (χ3v) is 5.41. The first kappa shape index (κ1) is 19.9. The maximum Gasteiger partial charge on any atom is 0.264 e. The number of fused-ring (bicyclic) bond motifs is 2. The van der Waals surface area contributed by atoms with Crippen LogP contribution in [0.3, 0.4) is 0 Å². The lowest BCUT2D eigenvalue weighted by atomic mass is 10.1. The predicted octanol–water partition coefficient (Wildman–Crippen LogP) is 3.42. The number of amides is 4. The average Bonchev–Trinajstić information content (AvgIpc) is 3.12. The molecule has 0 fully saturated rings. The Balaban J connectivity index is 1.25. The molecule has 0 aromatic heterocycles. The van der Waals surface area contributed by atoms with Crippen molar-refractivity contribution in [2.24, 2.45) is 0 Å². The molecule has 154 valence electrons. The normalized spacial score (nSPS) is 15.3. The Morgan fingerprint density at radius 1 is 0.567 bits per heavy atom. The van der Waals surface area contributed by atoms with Gasteiger partial charge in [-0.2, -0.15) is 0 Å². The molecule has 0 spiro atoms. The van der Waals surface area contributed by atoms with Crippen LogP contribution in [0.2, 0.25) is 0 Å². The maximum atomic E-state index is 13.8. The molecule has 2 heterocycles. The van der Waals surface area contributed by atoms with Crippen LogP contribution in [-0.2, 0) is 0 Å². The van der Waals surface area contributed by atoms with Crippen LogP contribution in [0, 0.1) is 11.6 Å². The van der Waals surface area contributed by atoms with Gasteiger partial charge in [0, 0.05) is 13.1 Å². The van der Waals surface area contributed by atoms with E-state index in [1.165, 1.54) is 24.3 Å². The summed E-state index contributed by atoms with van der Waals surface area (Å²) in [6.07, 6.45) is 2.33. The summed E-state index contributed by atoms with van der Waals surface area (Å²) in [5.41, 5.74) is -0.198. The Hall–Kier alpha value is -3.42. The van der Waals surface area contributed by atoms with Crippen molar-refractivity contribution >= 4 is 23.6 Å². The molecule has 0 atom stereocenters. The summed E-state index contributed by atoms with van der Waals surface area (Å²) < 4.78 is 27.7. The van der Waals surface area contributed by atoms with E-state index in [9.17, 15) is 28.0 Å². The van der Waals surface area contributed by atoms with Gasteiger partial charge in [0.2, 0.25) is 0 Å². The van der Waals surface area contributed by atoms with Crippen LogP contribution in [0.15, 0.2) is 36.4 Å². The molecule has 6 nitrogen and oxygen atoms in total. The molecule has 2 aromatic carbocycles. The number of rotatable bonds is 7. The van der Waals surface area contributed by atoms with Gasteiger partial charge in [0.25, 0.3) is 23.6 Å². The molecule has 0 saturated heterocycles. The predicted molar refractivity (Wildman–Crippen MR) is 102 cm³/mol.